The van der Waals surface area contributed by atoms with Crippen LogP contribution in [0.3, 0.4) is 0 Å². The highest BCUT2D eigenvalue weighted by Crippen LogP contribution is 2.28. The minimum atomic E-state index is -1.12. The number of rotatable bonds is 8. The number of hydrogen-bond donors (Lipinski definition) is 2. The number of ether oxygens (including phenoxy) is 2. The molecule has 3 aromatic rings. The molecule has 0 unspecified atom stereocenters. The Balaban J connectivity index is 1.76. The molecule has 7 nitrogen and oxygen atoms in total. The summed E-state index contributed by atoms with van der Waals surface area (Å²) in [5.41, 5.74) is 1.17. The number of hydrogen-bond acceptors (Lipinski definition) is 5. The van der Waals surface area contributed by atoms with E-state index in [1.165, 1.54) is 25.1 Å². The van der Waals surface area contributed by atoms with Crippen LogP contribution < -0.4 is 15.4 Å². The van der Waals surface area contributed by atoms with E-state index in [9.17, 15) is 14.4 Å². The zero-order valence-electron chi connectivity index (χ0n) is 18.4. The van der Waals surface area contributed by atoms with Crippen molar-refractivity contribution in [3.05, 3.63) is 87.9 Å². The molecule has 0 spiro atoms. The summed E-state index contributed by atoms with van der Waals surface area (Å²) in [6, 6.07) is 17.5. The van der Waals surface area contributed by atoms with Gasteiger partial charge in [0.1, 0.15) is 5.75 Å². The highest BCUT2D eigenvalue weighted by Gasteiger charge is 2.21. The monoisotopic (exact) mass is 500 g/mol. The third-order valence-corrected chi connectivity index (χ3v) is 5.08. The van der Waals surface area contributed by atoms with E-state index in [0.717, 1.165) is 0 Å². The van der Waals surface area contributed by atoms with Crippen molar-refractivity contribution in [3.63, 3.8) is 0 Å². The number of carbonyl (C=O) groups excluding carboxylic acids is 3. The molecule has 176 valence electrons. The smallest absolute Gasteiger partial charge is 0.338 e. The van der Waals surface area contributed by atoms with E-state index < -0.39 is 23.9 Å². The Hall–Kier alpha value is -3.55. The fourth-order valence-electron chi connectivity index (χ4n) is 2.95. The summed E-state index contributed by atoms with van der Waals surface area (Å²) in [4.78, 5) is 37.8. The summed E-state index contributed by atoms with van der Waals surface area (Å²) in [6.45, 7) is 3.69. The van der Waals surface area contributed by atoms with Crippen LogP contribution in [-0.4, -0.2) is 30.5 Å². The molecule has 0 heterocycles. The van der Waals surface area contributed by atoms with Gasteiger partial charge in [0.2, 0.25) is 0 Å². The summed E-state index contributed by atoms with van der Waals surface area (Å²) in [5, 5.41) is 6.23. The second-order valence-electron chi connectivity index (χ2n) is 7.15. The largest absolute Gasteiger partial charge is 0.494 e. The molecule has 3 aromatic carbocycles. The lowest BCUT2D eigenvalue weighted by Gasteiger charge is -2.17. The molecule has 0 aromatic heterocycles. The van der Waals surface area contributed by atoms with Crippen LogP contribution in [0.4, 0.5) is 11.4 Å². The molecule has 0 saturated heterocycles. The number of carbonyl (C=O) groups is 3. The van der Waals surface area contributed by atoms with Gasteiger partial charge in [0, 0.05) is 21.7 Å². The molecule has 0 aliphatic heterocycles. The fourth-order valence-corrected chi connectivity index (χ4v) is 3.33. The van der Waals surface area contributed by atoms with Crippen molar-refractivity contribution in [2.45, 2.75) is 20.0 Å². The molecule has 2 amide bonds. The summed E-state index contributed by atoms with van der Waals surface area (Å²) >= 11 is 11.9. The quantitative estimate of drug-likeness (QED) is 0.379. The lowest BCUT2D eigenvalue weighted by Crippen LogP contribution is -2.30. The fraction of sp³-hybridized carbons (Fsp3) is 0.160. The summed E-state index contributed by atoms with van der Waals surface area (Å²) in [6.07, 6.45) is -1.12. The van der Waals surface area contributed by atoms with E-state index in [4.69, 9.17) is 32.7 Å². The number of halogens is 2. The molecule has 34 heavy (non-hydrogen) atoms. The molecule has 0 aliphatic carbocycles. The summed E-state index contributed by atoms with van der Waals surface area (Å²) in [5.74, 6) is -1.20. The highest BCUT2D eigenvalue weighted by molar-refractivity contribution is 6.31. The van der Waals surface area contributed by atoms with E-state index in [0.29, 0.717) is 39.3 Å². The zero-order valence-corrected chi connectivity index (χ0v) is 19.9. The molecule has 0 radical (unpaired) electrons. The molecule has 3 rings (SSSR count). The zero-order chi connectivity index (χ0) is 24.7. The van der Waals surface area contributed by atoms with Crippen LogP contribution in [0.5, 0.6) is 5.75 Å². The van der Waals surface area contributed by atoms with Gasteiger partial charge in [0.25, 0.3) is 11.8 Å². The number of esters is 1. The van der Waals surface area contributed by atoms with Gasteiger partial charge >= 0.3 is 5.97 Å². The van der Waals surface area contributed by atoms with Gasteiger partial charge in [-0.1, -0.05) is 35.3 Å². The summed E-state index contributed by atoms with van der Waals surface area (Å²) in [7, 11) is 0. The van der Waals surface area contributed by atoms with Gasteiger partial charge in [-0.15, -0.1) is 0 Å². The van der Waals surface area contributed by atoms with Crippen molar-refractivity contribution in [2.75, 3.05) is 17.2 Å². The Bertz CT molecular complexity index is 1220. The van der Waals surface area contributed by atoms with Crippen LogP contribution in [0.25, 0.3) is 0 Å². The van der Waals surface area contributed by atoms with Gasteiger partial charge in [0.15, 0.2) is 6.10 Å². The van der Waals surface area contributed by atoms with Crippen LogP contribution in [-0.2, 0) is 9.53 Å². The first-order valence-corrected chi connectivity index (χ1v) is 11.1. The predicted octanol–water partition coefficient (Wildman–Crippen LogP) is 5.83. The van der Waals surface area contributed by atoms with E-state index in [-0.39, 0.29) is 5.56 Å². The molecular formula is C25H22Cl2N2O5. The molecule has 0 fully saturated rings. The Morgan fingerprint density at radius 2 is 1.50 bits per heavy atom. The van der Waals surface area contributed by atoms with Crippen LogP contribution in [0.2, 0.25) is 10.0 Å². The normalized spacial score (nSPS) is 11.3. The maximum Gasteiger partial charge on any atom is 0.338 e. The van der Waals surface area contributed by atoms with Crippen molar-refractivity contribution < 1.29 is 23.9 Å². The second-order valence-corrected chi connectivity index (χ2v) is 8.02. The van der Waals surface area contributed by atoms with Crippen LogP contribution in [0.15, 0.2) is 66.7 Å². The molecule has 0 saturated carbocycles. The molecule has 2 N–H and O–H groups in total. The van der Waals surface area contributed by atoms with Gasteiger partial charge in [0.05, 0.1) is 23.5 Å². The van der Waals surface area contributed by atoms with Gasteiger partial charge in [-0.25, -0.2) is 4.79 Å². The minimum Gasteiger partial charge on any atom is -0.494 e. The first-order chi connectivity index (χ1) is 16.3. The Kier molecular flexibility index (Phi) is 8.51. The van der Waals surface area contributed by atoms with Crippen molar-refractivity contribution >= 4 is 52.4 Å². The third kappa shape index (κ3) is 6.73. The first-order valence-electron chi connectivity index (χ1n) is 10.4. The Morgan fingerprint density at radius 3 is 2.15 bits per heavy atom. The third-order valence-electron chi connectivity index (χ3n) is 4.61. The standard InChI is InChI=1S/C25H22Cl2N2O5/c1-3-33-20-10-11-21(22(14-20)29-24(31)16-6-4-8-18(26)12-16)28-23(30)15(2)34-25(32)17-7-5-9-19(27)13-17/h4-15H,3H2,1-2H3,(H,28,30)(H,29,31)/t15-/m1/s1. The first kappa shape index (κ1) is 25.1. The van der Waals surface area contributed by atoms with Gasteiger partial charge in [-0.3, -0.25) is 9.59 Å². The maximum atomic E-state index is 12.7. The van der Waals surface area contributed by atoms with Crippen molar-refractivity contribution in [3.8, 4) is 5.75 Å². The lowest BCUT2D eigenvalue weighted by atomic mass is 10.2. The maximum absolute atomic E-state index is 12.7. The highest BCUT2D eigenvalue weighted by atomic mass is 35.5. The van der Waals surface area contributed by atoms with E-state index in [1.54, 1.807) is 48.5 Å². The second kappa shape index (κ2) is 11.5. The Labute approximate surface area is 207 Å². The van der Waals surface area contributed by atoms with Crippen molar-refractivity contribution in [1.29, 1.82) is 0 Å². The molecular weight excluding hydrogens is 479 g/mol. The van der Waals surface area contributed by atoms with Crippen LogP contribution in [0.1, 0.15) is 34.6 Å². The van der Waals surface area contributed by atoms with Crippen molar-refractivity contribution in [1.82, 2.24) is 0 Å². The number of nitrogens with one attached hydrogen (secondary N) is 2. The topological polar surface area (TPSA) is 93.7 Å². The summed E-state index contributed by atoms with van der Waals surface area (Å²) < 4.78 is 10.8. The molecule has 0 aliphatic rings. The van der Waals surface area contributed by atoms with Gasteiger partial charge in [-0.2, -0.15) is 0 Å². The number of amides is 2. The lowest BCUT2D eigenvalue weighted by molar-refractivity contribution is -0.123. The molecule has 9 heteroatoms. The van der Waals surface area contributed by atoms with E-state index >= 15 is 0 Å². The van der Waals surface area contributed by atoms with E-state index in [2.05, 4.69) is 10.6 Å². The predicted molar refractivity (Wildman–Crippen MR) is 132 cm³/mol. The van der Waals surface area contributed by atoms with E-state index in [1.807, 2.05) is 6.92 Å². The molecule has 0 bridgehead atoms. The average molecular weight is 501 g/mol. The van der Waals surface area contributed by atoms with Gasteiger partial charge < -0.3 is 20.1 Å². The van der Waals surface area contributed by atoms with Crippen LogP contribution >= 0.6 is 23.2 Å². The number of anilines is 2. The Morgan fingerprint density at radius 1 is 0.853 bits per heavy atom. The van der Waals surface area contributed by atoms with Gasteiger partial charge in [-0.05, 0) is 62.4 Å². The van der Waals surface area contributed by atoms with Crippen LogP contribution in [0, 0.1) is 0 Å². The number of benzene rings is 3. The average Bonchev–Trinajstić information content (AvgIpc) is 2.80. The SMILES string of the molecule is CCOc1ccc(NC(=O)[C@@H](C)OC(=O)c2cccc(Cl)c2)c(NC(=O)c2cccc(Cl)c2)c1. The molecule has 1 atom stereocenters. The van der Waals surface area contributed by atoms with Crippen molar-refractivity contribution in [2.24, 2.45) is 0 Å². The minimum absolute atomic E-state index is 0.225.